The van der Waals surface area contributed by atoms with Crippen molar-refractivity contribution in [1.82, 2.24) is 10.2 Å². The van der Waals surface area contributed by atoms with Crippen molar-refractivity contribution in [2.75, 3.05) is 13.1 Å². The topological polar surface area (TPSA) is 107 Å². The lowest BCUT2D eigenvalue weighted by Gasteiger charge is -2.34. The zero-order chi connectivity index (χ0) is 26.7. The van der Waals surface area contributed by atoms with Gasteiger partial charge in [-0.1, -0.05) is 60.7 Å². The zero-order valence-electron chi connectivity index (χ0n) is 21.6. The summed E-state index contributed by atoms with van der Waals surface area (Å²) in [4.78, 5) is 43.2. The number of aliphatic imine (C=N–C) groups is 1. The summed E-state index contributed by atoms with van der Waals surface area (Å²) in [6, 6.07) is 18.6. The Morgan fingerprint density at radius 3 is 1.97 bits per heavy atom. The molecule has 0 spiro atoms. The summed E-state index contributed by atoms with van der Waals surface area (Å²) < 4.78 is 16.0. The van der Waals surface area contributed by atoms with Gasteiger partial charge >= 0.3 is 18.2 Å². The second kappa shape index (κ2) is 13.4. The Morgan fingerprint density at radius 1 is 0.892 bits per heavy atom. The van der Waals surface area contributed by atoms with Gasteiger partial charge in [-0.3, -0.25) is 4.79 Å². The van der Waals surface area contributed by atoms with E-state index >= 15 is 0 Å². The lowest BCUT2D eigenvalue weighted by Crippen LogP contribution is -2.48. The molecule has 2 aromatic carbocycles. The average molecular weight is 510 g/mol. The molecular formula is C28H35N3O6. The van der Waals surface area contributed by atoms with Crippen LogP contribution in [0.1, 0.15) is 51.2 Å². The molecule has 0 aliphatic carbocycles. The molecule has 1 fully saturated rings. The van der Waals surface area contributed by atoms with Crippen LogP contribution in [0.2, 0.25) is 0 Å². The average Bonchev–Trinajstić information content (AvgIpc) is 2.86. The summed E-state index contributed by atoms with van der Waals surface area (Å²) in [6.07, 6.45) is -0.193. The number of ether oxygens (including phenoxy) is 3. The second-order valence-electron chi connectivity index (χ2n) is 9.80. The van der Waals surface area contributed by atoms with E-state index in [2.05, 4.69) is 10.3 Å². The van der Waals surface area contributed by atoms with Crippen LogP contribution in [0.3, 0.4) is 0 Å². The quantitative estimate of drug-likeness (QED) is 0.246. The summed E-state index contributed by atoms with van der Waals surface area (Å²) in [5.41, 5.74) is 1.12. The van der Waals surface area contributed by atoms with Gasteiger partial charge in [-0.15, -0.1) is 0 Å². The number of carbonyl (C=O) groups excluding carboxylic acids is 3. The Bertz CT molecular complexity index is 1060. The van der Waals surface area contributed by atoms with E-state index in [-0.39, 0.29) is 31.5 Å². The highest BCUT2D eigenvalue weighted by molar-refractivity contribution is 6.01. The number of nitrogens with one attached hydrogen (secondary N) is 1. The molecule has 37 heavy (non-hydrogen) atoms. The number of nitrogens with zero attached hydrogens (tertiary/aromatic N) is 2. The molecule has 0 aromatic heterocycles. The molecule has 9 heteroatoms. The molecule has 1 aliphatic heterocycles. The van der Waals surface area contributed by atoms with Crippen LogP contribution in [-0.2, 0) is 32.2 Å². The predicted molar refractivity (Wildman–Crippen MR) is 139 cm³/mol. The largest absolute Gasteiger partial charge is 0.460 e. The first kappa shape index (κ1) is 27.7. The Labute approximate surface area is 217 Å². The van der Waals surface area contributed by atoms with E-state index in [0.717, 1.165) is 11.1 Å². The fourth-order valence-electron chi connectivity index (χ4n) is 3.75. The third-order valence-electron chi connectivity index (χ3n) is 5.55. The van der Waals surface area contributed by atoms with Crippen LogP contribution in [0.15, 0.2) is 65.7 Å². The monoisotopic (exact) mass is 509 g/mol. The third-order valence-corrected chi connectivity index (χ3v) is 5.55. The van der Waals surface area contributed by atoms with Gasteiger partial charge in [0.1, 0.15) is 31.1 Å². The predicted octanol–water partition coefficient (Wildman–Crippen LogP) is 4.84. The lowest BCUT2D eigenvalue weighted by molar-refractivity contribution is -0.143. The number of piperidine rings is 1. The molecule has 9 nitrogen and oxygen atoms in total. The summed E-state index contributed by atoms with van der Waals surface area (Å²) in [6.45, 7) is 6.64. The van der Waals surface area contributed by atoms with Crippen molar-refractivity contribution < 1.29 is 28.6 Å². The maximum Gasteiger partial charge on any atom is 0.435 e. The number of rotatable bonds is 7. The van der Waals surface area contributed by atoms with Gasteiger partial charge < -0.3 is 24.4 Å². The van der Waals surface area contributed by atoms with E-state index in [4.69, 9.17) is 14.2 Å². The van der Waals surface area contributed by atoms with Gasteiger partial charge in [0, 0.05) is 19.1 Å². The van der Waals surface area contributed by atoms with Gasteiger partial charge in [0.2, 0.25) is 0 Å². The molecule has 0 bridgehead atoms. The fourth-order valence-corrected chi connectivity index (χ4v) is 3.75. The highest BCUT2D eigenvalue weighted by atomic mass is 16.6. The highest BCUT2D eigenvalue weighted by Crippen LogP contribution is 2.15. The smallest absolute Gasteiger partial charge is 0.435 e. The molecule has 2 aromatic rings. The van der Waals surface area contributed by atoms with Crippen LogP contribution in [0.25, 0.3) is 0 Å². The molecule has 3 rings (SSSR count). The molecular weight excluding hydrogens is 474 g/mol. The van der Waals surface area contributed by atoms with Gasteiger partial charge in [0.25, 0.3) is 0 Å². The molecule has 198 valence electrons. The normalized spacial score (nSPS) is 14.6. The second-order valence-corrected chi connectivity index (χ2v) is 9.80. The maximum absolute atomic E-state index is 12.6. The van der Waals surface area contributed by atoms with Crippen LogP contribution in [-0.4, -0.2) is 53.6 Å². The number of amides is 2. The van der Waals surface area contributed by atoms with E-state index in [1.807, 2.05) is 86.3 Å². The summed E-state index contributed by atoms with van der Waals surface area (Å²) >= 11 is 0. The molecule has 0 atom stereocenters. The molecule has 2 amide bonds. The molecule has 0 unspecified atom stereocenters. The Balaban J connectivity index is 1.60. The van der Waals surface area contributed by atoms with E-state index in [1.165, 1.54) is 0 Å². The summed E-state index contributed by atoms with van der Waals surface area (Å²) in [7, 11) is 0. The molecule has 1 heterocycles. The van der Waals surface area contributed by atoms with Crippen LogP contribution in [0, 0.1) is 0 Å². The number of hydrogen-bond acceptors (Lipinski definition) is 6. The minimum atomic E-state index is -0.774. The number of hydrogen-bond donors (Lipinski definition) is 1. The first-order valence-corrected chi connectivity index (χ1v) is 12.4. The number of carbonyl (C=O) groups is 3. The summed E-state index contributed by atoms with van der Waals surface area (Å²) in [5.74, 6) is -0.209. The number of benzene rings is 2. The summed E-state index contributed by atoms with van der Waals surface area (Å²) in [5, 5.41) is 2.88. The molecule has 1 saturated heterocycles. The van der Waals surface area contributed by atoms with Crippen LogP contribution in [0.4, 0.5) is 9.59 Å². The number of likely N-dealkylation sites (tertiary alicyclic amines) is 1. The number of amidine groups is 1. The van der Waals surface area contributed by atoms with Crippen molar-refractivity contribution in [3.05, 3.63) is 71.8 Å². The number of alkyl carbamates (subject to hydrolysis) is 1. The minimum absolute atomic E-state index is 0.0801. The molecule has 1 aliphatic rings. The van der Waals surface area contributed by atoms with Gasteiger partial charge in [-0.05, 0) is 44.7 Å². The Kier molecular flexibility index (Phi) is 10.1. The first-order valence-electron chi connectivity index (χ1n) is 12.4. The van der Waals surface area contributed by atoms with E-state index in [9.17, 15) is 14.4 Å². The van der Waals surface area contributed by atoms with Gasteiger partial charge in [0.05, 0.1) is 0 Å². The van der Waals surface area contributed by atoms with Crippen molar-refractivity contribution in [2.45, 2.75) is 64.9 Å². The molecule has 1 N–H and O–H groups in total. The van der Waals surface area contributed by atoms with Gasteiger partial charge in [-0.25, -0.2) is 9.59 Å². The van der Waals surface area contributed by atoms with Crippen molar-refractivity contribution in [2.24, 2.45) is 4.99 Å². The lowest BCUT2D eigenvalue weighted by atomic mass is 10.0. The van der Waals surface area contributed by atoms with E-state index < -0.39 is 23.8 Å². The van der Waals surface area contributed by atoms with Crippen molar-refractivity contribution in [3.63, 3.8) is 0 Å². The van der Waals surface area contributed by atoms with Gasteiger partial charge in [-0.2, -0.15) is 4.99 Å². The van der Waals surface area contributed by atoms with E-state index in [1.54, 1.807) is 0 Å². The van der Waals surface area contributed by atoms with Crippen molar-refractivity contribution >= 4 is 24.0 Å². The third kappa shape index (κ3) is 10.3. The molecule has 0 radical (unpaired) electrons. The number of esters is 1. The minimum Gasteiger partial charge on any atom is -0.460 e. The fraction of sp³-hybridized carbons (Fsp3) is 0.429. The first-order chi connectivity index (χ1) is 17.7. The van der Waals surface area contributed by atoms with Crippen LogP contribution >= 0.6 is 0 Å². The van der Waals surface area contributed by atoms with Crippen LogP contribution in [0.5, 0.6) is 0 Å². The molecule has 0 saturated carbocycles. The van der Waals surface area contributed by atoms with Gasteiger partial charge in [0.15, 0.2) is 0 Å². The maximum atomic E-state index is 12.6. The van der Waals surface area contributed by atoms with Crippen molar-refractivity contribution in [1.29, 1.82) is 0 Å². The van der Waals surface area contributed by atoms with Crippen LogP contribution < -0.4 is 5.32 Å². The zero-order valence-corrected chi connectivity index (χ0v) is 21.6. The highest BCUT2D eigenvalue weighted by Gasteiger charge is 2.27. The Hall–Kier alpha value is -3.88. The standard InChI is InChI=1S/C28H35N3O6/c1-28(2,3)37-27(34)29-23-14-16-31(17-15-23)24(18-25(32)35-19-21-10-6-4-7-11-21)30-26(33)36-20-22-12-8-5-9-13-22/h4-13,23H,14-20H2,1-3H3,(H,29,34)/b30-24+. The van der Waals surface area contributed by atoms with Crippen molar-refractivity contribution in [3.8, 4) is 0 Å². The SMILES string of the molecule is CC(C)(C)OC(=O)NC1CCN(/C(CC(=O)OCc2ccccc2)=N/C(=O)OCc2ccccc2)CC1. The van der Waals surface area contributed by atoms with E-state index in [0.29, 0.717) is 25.9 Å². The Morgan fingerprint density at radius 2 is 1.43 bits per heavy atom.